The normalized spacial score (nSPS) is 17.5. The molecule has 0 spiro atoms. The second-order valence-corrected chi connectivity index (χ2v) is 5.81. The van der Waals surface area contributed by atoms with E-state index < -0.39 is 0 Å². The molecule has 1 aromatic rings. The minimum absolute atomic E-state index is 0.107. The topological polar surface area (TPSA) is 56.0 Å². The van der Waals surface area contributed by atoms with E-state index in [1.165, 1.54) is 12.5 Å². The monoisotopic (exact) mass is 276 g/mol. The molecule has 1 fully saturated rings. The fourth-order valence-electron chi connectivity index (χ4n) is 2.90. The van der Waals surface area contributed by atoms with Gasteiger partial charge in [0, 0.05) is 23.2 Å². The lowest BCUT2D eigenvalue weighted by Gasteiger charge is -2.36. The Morgan fingerprint density at radius 3 is 2.65 bits per heavy atom. The van der Waals surface area contributed by atoms with Gasteiger partial charge in [-0.2, -0.15) is 5.26 Å². The molecule has 0 atom stereocenters. The highest BCUT2D eigenvalue weighted by Gasteiger charge is 2.31. The molecule has 2 N–H and O–H groups in total. The summed E-state index contributed by atoms with van der Waals surface area (Å²) in [4.78, 5) is 0. The first-order valence-electron chi connectivity index (χ1n) is 7.15. The van der Waals surface area contributed by atoms with Gasteiger partial charge < -0.3 is 10.4 Å². The first-order chi connectivity index (χ1) is 9.60. The number of benzene rings is 1. The Hall–Kier alpha value is -1.60. The van der Waals surface area contributed by atoms with Crippen LogP contribution in [0.4, 0.5) is 10.1 Å². The van der Waals surface area contributed by atoms with Crippen molar-refractivity contribution in [3.8, 4) is 6.07 Å². The van der Waals surface area contributed by atoms with Gasteiger partial charge in [-0.25, -0.2) is 4.39 Å². The Morgan fingerprint density at radius 1 is 1.35 bits per heavy atom. The van der Waals surface area contributed by atoms with E-state index in [-0.39, 0.29) is 17.8 Å². The Balaban J connectivity index is 2.14. The van der Waals surface area contributed by atoms with E-state index in [0.717, 1.165) is 25.7 Å². The minimum atomic E-state index is -0.367. The average Bonchev–Trinajstić information content (AvgIpc) is 2.49. The van der Waals surface area contributed by atoms with Crippen LogP contribution in [0.1, 0.15) is 43.2 Å². The maximum absolute atomic E-state index is 13.7. The number of nitrogens with zero attached hydrogens (tertiary/aromatic N) is 1. The van der Waals surface area contributed by atoms with Crippen molar-refractivity contribution in [3.63, 3.8) is 0 Å². The molecule has 0 aliphatic heterocycles. The number of hydrogen-bond acceptors (Lipinski definition) is 3. The molecule has 3 nitrogen and oxygen atoms in total. The van der Waals surface area contributed by atoms with E-state index in [1.54, 1.807) is 13.0 Å². The second-order valence-electron chi connectivity index (χ2n) is 5.81. The third kappa shape index (κ3) is 3.10. The van der Waals surface area contributed by atoms with Crippen LogP contribution in [-0.2, 0) is 0 Å². The Bertz CT molecular complexity index is 516. The van der Waals surface area contributed by atoms with Crippen molar-refractivity contribution in [3.05, 3.63) is 29.1 Å². The first-order valence-corrected chi connectivity index (χ1v) is 7.15. The van der Waals surface area contributed by atoms with Gasteiger partial charge in [-0.1, -0.05) is 19.3 Å². The smallest absolute Gasteiger partial charge is 0.129 e. The zero-order chi connectivity index (χ0) is 14.6. The average molecular weight is 276 g/mol. The van der Waals surface area contributed by atoms with Gasteiger partial charge in [0.1, 0.15) is 5.82 Å². The number of aliphatic hydroxyl groups excluding tert-OH is 1. The molecule has 108 valence electrons. The molecule has 0 radical (unpaired) electrons. The van der Waals surface area contributed by atoms with Crippen molar-refractivity contribution in [1.82, 2.24) is 0 Å². The SMILES string of the molecule is Cc1c(F)cc(C#N)cc1NCC1(CO)CCCCC1. The van der Waals surface area contributed by atoms with Gasteiger partial charge in [-0.3, -0.25) is 0 Å². The highest BCUT2D eigenvalue weighted by atomic mass is 19.1. The Morgan fingerprint density at radius 2 is 2.05 bits per heavy atom. The quantitative estimate of drug-likeness (QED) is 0.886. The highest BCUT2D eigenvalue weighted by molar-refractivity contribution is 5.56. The first kappa shape index (κ1) is 14.8. The van der Waals surface area contributed by atoms with Gasteiger partial charge in [0.05, 0.1) is 18.2 Å². The predicted molar refractivity (Wildman–Crippen MR) is 76.9 cm³/mol. The van der Waals surface area contributed by atoms with Crippen LogP contribution in [0.3, 0.4) is 0 Å². The van der Waals surface area contributed by atoms with Gasteiger partial charge in [0.15, 0.2) is 0 Å². The van der Waals surface area contributed by atoms with Crippen molar-refractivity contribution < 1.29 is 9.50 Å². The summed E-state index contributed by atoms with van der Waals surface area (Å²) in [5.41, 5.74) is 1.38. The molecule has 1 saturated carbocycles. The van der Waals surface area contributed by atoms with Crippen molar-refractivity contribution in [2.75, 3.05) is 18.5 Å². The molecular formula is C16H21FN2O. The molecule has 2 rings (SSSR count). The van der Waals surface area contributed by atoms with Crippen LogP contribution in [0, 0.1) is 29.5 Å². The number of nitrogens with one attached hydrogen (secondary N) is 1. The van der Waals surface area contributed by atoms with Gasteiger partial charge in [-0.05, 0) is 31.9 Å². The van der Waals surface area contributed by atoms with Crippen LogP contribution in [0.2, 0.25) is 0 Å². The maximum Gasteiger partial charge on any atom is 0.129 e. The van der Waals surface area contributed by atoms with Gasteiger partial charge in [0.2, 0.25) is 0 Å². The van der Waals surface area contributed by atoms with Gasteiger partial charge >= 0.3 is 0 Å². The molecule has 1 aromatic carbocycles. The molecule has 1 aliphatic rings. The summed E-state index contributed by atoms with van der Waals surface area (Å²) >= 11 is 0. The molecule has 20 heavy (non-hydrogen) atoms. The summed E-state index contributed by atoms with van der Waals surface area (Å²) in [5.74, 6) is -0.367. The van der Waals surface area contributed by atoms with Gasteiger partial charge in [0.25, 0.3) is 0 Å². The van der Waals surface area contributed by atoms with Crippen molar-refractivity contribution >= 4 is 5.69 Å². The molecular weight excluding hydrogens is 255 g/mol. The maximum atomic E-state index is 13.7. The number of anilines is 1. The second kappa shape index (κ2) is 6.23. The lowest BCUT2D eigenvalue weighted by molar-refractivity contribution is 0.0944. The van der Waals surface area contributed by atoms with Crippen molar-refractivity contribution in [2.24, 2.45) is 5.41 Å². The molecule has 4 heteroatoms. The fourth-order valence-corrected chi connectivity index (χ4v) is 2.90. The lowest BCUT2D eigenvalue weighted by Crippen LogP contribution is -2.35. The van der Waals surface area contributed by atoms with Crippen LogP contribution in [0.5, 0.6) is 0 Å². The number of hydrogen-bond donors (Lipinski definition) is 2. The summed E-state index contributed by atoms with van der Waals surface area (Å²) < 4.78 is 13.7. The summed E-state index contributed by atoms with van der Waals surface area (Å²) in [6.07, 6.45) is 5.48. The molecule has 0 aromatic heterocycles. The largest absolute Gasteiger partial charge is 0.396 e. The van der Waals surface area contributed by atoms with E-state index in [1.807, 2.05) is 6.07 Å². The van der Waals surface area contributed by atoms with Crippen LogP contribution < -0.4 is 5.32 Å². The van der Waals surface area contributed by atoms with Crippen LogP contribution in [0.15, 0.2) is 12.1 Å². The summed E-state index contributed by atoms with van der Waals surface area (Å²) in [7, 11) is 0. The lowest BCUT2D eigenvalue weighted by atomic mass is 9.74. The molecule has 1 aliphatic carbocycles. The molecule has 0 amide bonds. The third-order valence-corrected chi connectivity index (χ3v) is 4.38. The van der Waals surface area contributed by atoms with Crippen molar-refractivity contribution in [1.29, 1.82) is 5.26 Å². The van der Waals surface area contributed by atoms with Crippen LogP contribution >= 0.6 is 0 Å². The van der Waals surface area contributed by atoms with Crippen molar-refractivity contribution in [2.45, 2.75) is 39.0 Å². The van der Waals surface area contributed by atoms with Crippen LogP contribution in [-0.4, -0.2) is 18.3 Å². The number of halogens is 1. The molecule has 0 unspecified atom stereocenters. The number of aliphatic hydroxyl groups is 1. The Kier molecular flexibility index (Phi) is 4.61. The third-order valence-electron chi connectivity index (χ3n) is 4.38. The number of nitriles is 1. The zero-order valence-electron chi connectivity index (χ0n) is 11.9. The molecule has 0 bridgehead atoms. The number of rotatable bonds is 4. The van der Waals surface area contributed by atoms with Gasteiger partial charge in [-0.15, -0.1) is 0 Å². The minimum Gasteiger partial charge on any atom is -0.396 e. The summed E-state index contributed by atoms with van der Waals surface area (Å²) in [5, 5.41) is 21.8. The molecule has 0 heterocycles. The highest BCUT2D eigenvalue weighted by Crippen LogP contribution is 2.36. The van der Waals surface area contributed by atoms with E-state index in [2.05, 4.69) is 5.32 Å². The predicted octanol–water partition coefficient (Wildman–Crippen LogP) is 3.36. The zero-order valence-corrected chi connectivity index (χ0v) is 11.9. The van der Waals surface area contributed by atoms with E-state index in [9.17, 15) is 9.50 Å². The van der Waals surface area contributed by atoms with E-state index in [4.69, 9.17) is 5.26 Å². The van der Waals surface area contributed by atoms with E-state index in [0.29, 0.717) is 23.4 Å². The Labute approximate surface area is 119 Å². The van der Waals surface area contributed by atoms with E-state index >= 15 is 0 Å². The van der Waals surface area contributed by atoms with Crippen LogP contribution in [0.25, 0.3) is 0 Å². The molecule has 0 saturated heterocycles. The summed E-state index contributed by atoms with van der Waals surface area (Å²) in [6.45, 7) is 2.48. The standard InChI is InChI=1S/C16H21FN2O/c1-12-14(17)7-13(9-18)8-15(12)19-10-16(11-20)5-3-2-4-6-16/h7-8,19-20H,2-6,10-11H2,1H3. The summed E-state index contributed by atoms with van der Waals surface area (Å²) in [6, 6.07) is 4.89. The fraction of sp³-hybridized carbons (Fsp3) is 0.562.